The molecule has 0 saturated heterocycles. The average Bonchev–Trinajstić information content (AvgIpc) is 2.65. The molecule has 0 atom stereocenters. The largest absolute Gasteiger partial charge is 0.207 e. The van der Waals surface area contributed by atoms with Crippen molar-refractivity contribution in [3.8, 4) is 0 Å². The van der Waals surface area contributed by atoms with Gasteiger partial charge in [-0.1, -0.05) is 31.2 Å². The fourth-order valence-electron chi connectivity index (χ4n) is 4.12. The summed E-state index contributed by atoms with van der Waals surface area (Å²) in [4.78, 5) is 0. The maximum Gasteiger partial charge on any atom is 0.162 e. The zero-order chi connectivity index (χ0) is 18.7. The Bertz CT molecular complexity index is 758. The highest BCUT2D eigenvalue weighted by atomic mass is 19.2. The van der Waals surface area contributed by atoms with Gasteiger partial charge in [0.05, 0.1) is 0 Å². The van der Waals surface area contributed by atoms with Crippen LogP contribution in [0.15, 0.2) is 30.3 Å². The molecule has 0 amide bonds. The van der Waals surface area contributed by atoms with Gasteiger partial charge >= 0.3 is 0 Å². The summed E-state index contributed by atoms with van der Waals surface area (Å²) in [6, 6.07) is 8.97. The molecule has 26 heavy (non-hydrogen) atoms. The van der Waals surface area contributed by atoms with Crippen LogP contribution in [0, 0.1) is 30.3 Å². The van der Waals surface area contributed by atoms with Crippen LogP contribution in [0.25, 0.3) is 0 Å². The van der Waals surface area contributed by atoms with Gasteiger partial charge in [-0.3, -0.25) is 0 Å². The summed E-state index contributed by atoms with van der Waals surface area (Å²) < 4.78 is 42.1. The summed E-state index contributed by atoms with van der Waals surface area (Å²) in [5.41, 5.74) is 2.71. The van der Waals surface area contributed by atoms with Gasteiger partial charge < -0.3 is 0 Å². The zero-order valence-electron chi connectivity index (χ0n) is 15.6. The molecule has 0 aromatic heterocycles. The van der Waals surface area contributed by atoms with Crippen LogP contribution in [0.1, 0.15) is 67.2 Å². The fraction of sp³-hybridized carbons (Fsp3) is 0.478. The molecule has 1 saturated carbocycles. The third kappa shape index (κ3) is 4.13. The molecule has 0 N–H and O–H groups in total. The van der Waals surface area contributed by atoms with Crippen molar-refractivity contribution in [2.75, 3.05) is 0 Å². The molecular formula is C23H27F3. The van der Waals surface area contributed by atoms with Crippen molar-refractivity contribution in [1.82, 2.24) is 0 Å². The Hall–Kier alpha value is -1.77. The van der Waals surface area contributed by atoms with Crippen LogP contribution in [0.3, 0.4) is 0 Å². The van der Waals surface area contributed by atoms with Gasteiger partial charge in [0.25, 0.3) is 0 Å². The molecule has 1 fully saturated rings. The first-order chi connectivity index (χ1) is 12.5. The number of rotatable bonds is 5. The molecule has 2 aromatic carbocycles. The highest BCUT2D eigenvalue weighted by Gasteiger charge is 2.26. The Morgan fingerprint density at radius 1 is 0.923 bits per heavy atom. The predicted molar refractivity (Wildman–Crippen MR) is 99.9 cm³/mol. The van der Waals surface area contributed by atoms with Gasteiger partial charge in [0.2, 0.25) is 0 Å². The van der Waals surface area contributed by atoms with Crippen molar-refractivity contribution in [1.29, 1.82) is 0 Å². The Kier molecular flexibility index (Phi) is 6.05. The number of aryl methyl sites for hydroxylation is 3. The Labute approximate surface area is 154 Å². The van der Waals surface area contributed by atoms with E-state index < -0.39 is 11.6 Å². The summed E-state index contributed by atoms with van der Waals surface area (Å²) in [7, 11) is 0. The molecule has 0 bridgehead atoms. The molecule has 2 aromatic rings. The molecule has 140 valence electrons. The van der Waals surface area contributed by atoms with Crippen LogP contribution in [-0.2, 0) is 12.8 Å². The molecule has 0 radical (unpaired) electrons. The first-order valence-corrected chi connectivity index (χ1v) is 9.71. The number of hydrogen-bond acceptors (Lipinski definition) is 0. The van der Waals surface area contributed by atoms with Crippen molar-refractivity contribution < 1.29 is 13.2 Å². The lowest BCUT2D eigenvalue weighted by Crippen LogP contribution is -2.16. The van der Waals surface area contributed by atoms with Crippen LogP contribution in [-0.4, -0.2) is 0 Å². The second-order valence-corrected chi connectivity index (χ2v) is 7.64. The van der Waals surface area contributed by atoms with Crippen LogP contribution >= 0.6 is 0 Å². The highest BCUT2D eigenvalue weighted by molar-refractivity contribution is 5.29. The minimum absolute atomic E-state index is 0.114. The van der Waals surface area contributed by atoms with Crippen molar-refractivity contribution in [3.05, 3.63) is 70.0 Å². The molecule has 1 aliphatic rings. The summed E-state index contributed by atoms with van der Waals surface area (Å²) in [6.45, 7) is 3.61. The summed E-state index contributed by atoms with van der Waals surface area (Å²) in [6.07, 6.45) is 6.26. The Balaban J connectivity index is 1.56. The minimum atomic E-state index is -0.673. The van der Waals surface area contributed by atoms with Crippen LogP contribution < -0.4 is 0 Å². The van der Waals surface area contributed by atoms with Gasteiger partial charge in [0.1, 0.15) is 5.82 Å². The third-order valence-corrected chi connectivity index (χ3v) is 5.94. The van der Waals surface area contributed by atoms with Gasteiger partial charge in [-0.2, -0.15) is 0 Å². The lowest BCUT2D eigenvalue weighted by atomic mass is 9.76. The molecule has 0 aliphatic heterocycles. The monoisotopic (exact) mass is 360 g/mol. The van der Waals surface area contributed by atoms with E-state index in [-0.39, 0.29) is 11.7 Å². The zero-order valence-corrected chi connectivity index (χ0v) is 15.6. The van der Waals surface area contributed by atoms with E-state index in [1.54, 1.807) is 25.1 Å². The SMILES string of the molecule is CCc1ccc(C2CCC(CCc3ccc(C)c(F)c3)CC2)c(F)c1F. The fourth-order valence-corrected chi connectivity index (χ4v) is 4.12. The van der Waals surface area contributed by atoms with Gasteiger partial charge in [0, 0.05) is 0 Å². The number of halogens is 3. The van der Waals surface area contributed by atoms with E-state index in [0.717, 1.165) is 44.1 Å². The summed E-state index contributed by atoms with van der Waals surface area (Å²) >= 11 is 0. The summed E-state index contributed by atoms with van der Waals surface area (Å²) in [5.74, 6) is -0.766. The van der Waals surface area contributed by atoms with E-state index in [4.69, 9.17) is 0 Å². The topological polar surface area (TPSA) is 0 Å². The third-order valence-electron chi connectivity index (χ3n) is 5.94. The molecule has 0 nitrogen and oxygen atoms in total. The molecule has 1 aliphatic carbocycles. The molecule has 0 spiro atoms. The van der Waals surface area contributed by atoms with Crippen molar-refractivity contribution in [3.63, 3.8) is 0 Å². The predicted octanol–water partition coefficient (Wildman–Crippen LogP) is 6.88. The minimum Gasteiger partial charge on any atom is -0.207 e. The van der Waals surface area contributed by atoms with E-state index in [9.17, 15) is 13.2 Å². The lowest BCUT2D eigenvalue weighted by molar-refractivity contribution is 0.304. The maximum absolute atomic E-state index is 14.4. The van der Waals surface area contributed by atoms with Crippen LogP contribution in [0.2, 0.25) is 0 Å². The van der Waals surface area contributed by atoms with E-state index in [1.807, 2.05) is 19.1 Å². The van der Waals surface area contributed by atoms with Gasteiger partial charge in [-0.15, -0.1) is 0 Å². The van der Waals surface area contributed by atoms with Gasteiger partial charge in [-0.05, 0) is 92.0 Å². The normalized spacial score (nSPS) is 20.3. The van der Waals surface area contributed by atoms with E-state index in [1.165, 1.54) is 0 Å². The van der Waals surface area contributed by atoms with Crippen molar-refractivity contribution >= 4 is 0 Å². The van der Waals surface area contributed by atoms with Crippen molar-refractivity contribution in [2.45, 2.75) is 64.7 Å². The highest BCUT2D eigenvalue weighted by Crippen LogP contribution is 2.39. The quantitative estimate of drug-likeness (QED) is 0.545. The molecule has 0 heterocycles. The molecular weight excluding hydrogens is 333 g/mol. The van der Waals surface area contributed by atoms with E-state index in [0.29, 0.717) is 29.0 Å². The van der Waals surface area contributed by atoms with Crippen LogP contribution in [0.4, 0.5) is 13.2 Å². The smallest absolute Gasteiger partial charge is 0.162 e. The van der Waals surface area contributed by atoms with Gasteiger partial charge in [0.15, 0.2) is 11.6 Å². The van der Waals surface area contributed by atoms with Gasteiger partial charge in [-0.25, -0.2) is 13.2 Å². The Morgan fingerprint density at radius 3 is 2.31 bits per heavy atom. The second-order valence-electron chi connectivity index (χ2n) is 7.64. The standard InChI is InChI=1S/C23H27F3/c1-3-18-12-13-20(23(26)22(18)25)19-10-8-16(9-11-19)6-7-17-5-4-15(2)21(24)14-17/h4-5,12-14,16,19H,3,6-11H2,1-2H3. The summed E-state index contributed by atoms with van der Waals surface area (Å²) in [5, 5.41) is 0. The second kappa shape index (κ2) is 8.28. The lowest BCUT2D eigenvalue weighted by Gasteiger charge is -2.29. The molecule has 3 heteroatoms. The first-order valence-electron chi connectivity index (χ1n) is 9.71. The first kappa shape index (κ1) is 19.0. The number of benzene rings is 2. The molecule has 3 rings (SSSR count). The van der Waals surface area contributed by atoms with Crippen molar-refractivity contribution in [2.24, 2.45) is 5.92 Å². The van der Waals surface area contributed by atoms with E-state index >= 15 is 0 Å². The Morgan fingerprint density at radius 2 is 1.65 bits per heavy atom. The molecule has 0 unspecified atom stereocenters. The van der Waals surface area contributed by atoms with E-state index in [2.05, 4.69) is 0 Å². The average molecular weight is 360 g/mol. The van der Waals surface area contributed by atoms with Crippen LogP contribution in [0.5, 0.6) is 0 Å². The number of hydrogen-bond donors (Lipinski definition) is 0. The maximum atomic E-state index is 14.4.